The van der Waals surface area contributed by atoms with E-state index in [4.69, 9.17) is 19.9 Å². The van der Waals surface area contributed by atoms with E-state index in [9.17, 15) is 24.0 Å². The van der Waals surface area contributed by atoms with Gasteiger partial charge in [-0.25, -0.2) is 14.4 Å². The zero-order valence-electron chi connectivity index (χ0n) is 21.0. The van der Waals surface area contributed by atoms with Crippen LogP contribution in [0.2, 0.25) is 0 Å². The minimum atomic E-state index is -1.45. The summed E-state index contributed by atoms with van der Waals surface area (Å²) >= 11 is 0. The van der Waals surface area contributed by atoms with Gasteiger partial charge in [-0.05, 0) is 33.3 Å². The highest BCUT2D eigenvalue weighted by molar-refractivity contribution is 5.89. The molecule has 1 aromatic rings. The molecule has 1 rings (SSSR count). The molecule has 4 N–H and O–H groups in total. The Morgan fingerprint density at radius 1 is 1.09 bits per heavy atom. The molecule has 194 valence electrons. The van der Waals surface area contributed by atoms with Crippen molar-refractivity contribution >= 4 is 30.0 Å². The van der Waals surface area contributed by atoms with Crippen molar-refractivity contribution in [2.75, 3.05) is 27.2 Å². The number of nitrogens with one attached hydrogen (secondary N) is 2. The summed E-state index contributed by atoms with van der Waals surface area (Å²) < 4.78 is 14.2. The van der Waals surface area contributed by atoms with Crippen LogP contribution in [0.3, 0.4) is 0 Å². The number of benzene rings is 1. The maximum absolute atomic E-state index is 13.1. The summed E-state index contributed by atoms with van der Waals surface area (Å²) in [5, 5.41) is 4.67. The smallest absolute Gasteiger partial charge is 0.467 e. The molecule has 3 atom stereocenters. The molecule has 12 heteroatoms. The predicted octanol–water partition coefficient (Wildman–Crippen LogP) is 0.826. The van der Waals surface area contributed by atoms with Crippen molar-refractivity contribution in [3.63, 3.8) is 0 Å². The topological polar surface area (TPSA) is 163 Å². The minimum Gasteiger partial charge on any atom is -0.467 e. The molecule has 0 bridgehead atoms. The first-order chi connectivity index (χ1) is 16.2. The Labute approximate surface area is 204 Å². The average Bonchev–Trinajstić information content (AvgIpc) is 2.79. The number of methoxy groups -OCH3 is 1. The van der Waals surface area contributed by atoms with Gasteiger partial charge in [-0.3, -0.25) is 4.79 Å². The lowest BCUT2D eigenvalue weighted by Gasteiger charge is -2.33. The van der Waals surface area contributed by atoms with Gasteiger partial charge in [0.05, 0.1) is 20.2 Å². The van der Waals surface area contributed by atoms with Crippen LogP contribution < -0.4 is 16.4 Å². The molecule has 0 heterocycles. The van der Waals surface area contributed by atoms with E-state index in [0.717, 1.165) is 7.11 Å². The maximum atomic E-state index is 13.1. The fourth-order valence-corrected chi connectivity index (χ4v) is 2.73. The van der Waals surface area contributed by atoms with Crippen LogP contribution in [0.4, 0.5) is 9.59 Å². The largest absolute Gasteiger partial charge is 0.524 e. The SMILES string of the molecule is COC(=O)[C@H](C[N+](C)(C(=O)CNC(=O)[C@H](C)N)C(=O)OC(C)(C)C)NC(=O)OCc1ccccc1. The molecule has 0 saturated carbocycles. The third-order valence-electron chi connectivity index (χ3n) is 4.71. The number of rotatable bonds is 9. The normalized spacial score (nSPS) is 14.5. The van der Waals surface area contributed by atoms with E-state index < -0.39 is 65.2 Å². The van der Waals surface area contributed by atoms with Gasteiger partial charge < -0.3 is 30.6 Å². The number of imide groups is 1. The Balaban J connectivity index is 3.10. The summed E-state index contributed by atoms with van der Waals surface area (Å²) in [4.78, 5) is 62.8. The number of esters is 1. The zero-order valence-corrected chi connectivity index (χ0v) is 21.0. The van der Waals surface area contributed by atoms with E-state index in [2.05, 4.69) is 10.6 Å². The number of quaternary nitrogens is 1. The van der Waals surface area contributed by atoms with Gasteiger partial charge in [-0.2, -0.15) is 9.28 Å². The second kappa shape index (κ2) is 12.8. The van der Waals surface area contributed by atoms with E-state index in [1.807, 2.05) is 0 Å². The van der Waals surface area contributed by atoms with E-state index in [1.165, 1.54) is 14.0 Å². The Hall–Kier alpha value is -3.51. The molecule has 35 heavy (non-hydrogen) atoms. The minimum absolute atomic E-state index is 0.0685. The quantitative estimate of drug-likeness (QED) is 0.256. The summed E-state index contributed by atoms with van der Waals surface area (Å²) in [6.07, 6.45) is -1.95. The number of amides is 4. The van der Waals surface area contributed by atoms with Crippen molar-refractivity contribution in [2.45, 2.75) is 52.0 Å². The van der Waals surface area contributed by atoms with Gasteiger partial charge in [0.15, 0.2) is 6.04 Å². The zero-order chi connectivity index (χ0) is 26.8. The van der Waals surface area contributed by atoms with Crippen molar-refractivity contribution in [3.05, 3.63) is 35.9 Å². The lowest BCUT2D eigenvalue weighted by molar-refractivity contribution is -0.762. The average molecular weight is 496 g/mol. The molecule has 4 amide bonds. The van der Waals surface area contributed by atoms with Crippen molar-refractivity contribution in [1.29, 1.82) is 0 Å². The summed E-state index contributed by atoms with van der Waals surface area (Å²) in [5.74, 6) is -2.33. The van der Waals surface area contributed by atoms with Crippen LogP contribution in [-0.2, 0) is 35.2 Å². The lowest BCUT2D eigenvalue weighted by Crippen LogP contribution is -2.64. The van der Waals surface area contributed by atoms with Gasteiger partial charge in [-0.1, -0.05) is 30.3 Å². The molecule has 1 unspecified atom stereocenters. The number of ether oxygens (including phenoxy) is 3. The fraction of sp³-hybridized carbons (Fsp3) is 0.522. The molecule has 0 aliphatic rings. The van der Waals surface area contributed by atoms with Gasteiger partial charge >= 0.3 is 24.1 Å². The molecule has 0 fully saturated rings. The first kappa shape index (κ1) is 29.5. The van der Waals surface area contributed by atoms with Crippen LogP contribution in [0.15, 0.2) is 30.3 Å². The second-order valence-corrected chi connectivity index (χ2v) is 9.04. The second-order valence-electron chi connectivity index (χ2n) is 9.04. The van der Waals surface area contributed by atoms with Crippen molar-refractivity contribution < 1.29 is 42.7 Å². The van der Waals surface area contributed by atoms with E-state index >= 15 is 0 Å². The number of likely N-dealkylation sites (N-methyl/N-ethyl adjacent to an activating group) is 1. The van der Waals surface area contributed by atoms with Gasteiger partial charge in [0, 0.05) is 0 Å². The maximum Gasteiger partial charge on any atom is 0.524 e. The third kappa shape index (κ3) is 9.71. The van der Waals surface area contributed by atoms with Gasteiger partial charge in [0.25, 0.3) is 0 Å². The first-order valence-electron chi connectivity index (χ1n) is 10.9. The third-order valence-corrected chi connectivity index (χ3v) is 4.71. The Kier molecular flexibility index (Phi) is 10.8. The summed E-state index contributed by atoms with van der Waals surface area (Å²) in [5.41, 5.74) is 5.25. The van der Waals surface area contributed by atoms with E-state index in [-0.39, 0.29) is 6.61 Å². The molecule has 0 aliphatic heterocycles. The lowest BCUT2D eigenvalue weighted by atomic mass is 10.2. The van der Waals surface area contributed by atoms with Crippen molar-refractivity contribution in [3.8, 4) is 0 Å². The highest BCUT2D eigenvalue weighted by atomic mass is 16.6. The van der Waals surface area contributed by atoms with Crippen molar-refractivity contribution in [1.82, 2.24) is 10.6 Å². The van der Waals surface area contributed by atoms with Crippen LogP contribution in [0.5, 0.6) is 0 Å². The number of hydrogen-bond donors (Lipinski definition) is 3. The molecular weight excluding hydrogens is 460 g/mol. The molecule has 0 spiro atoms. The number of nitrogens with two attached hydrogens (primary N) is 1. The summed E-state index contributed by atoms with van der Waals surface area (Å²) in [7, 11) is 2.30. The van der Waals surface area contributed by atoms with Gasteiger partial charge in [-0.15, -0.1) is 0 Å². The van der Waals surface area contributed by atoms with Crippen LogP contribution in [0.1, 0.15) is 33.3 Å². The summed E-state index contributed by atoms with van der Waals surface area (Å²) in [6, 6.07) is 6.51. The number of carbonyl (C=O) groups excluding carboxylic acids is 5. The Bertz CT molecular complexity index is 914. The highest BCUT2D eigenvalue weighted by Crippen LogP contribution is 2.17. The van der Waals surface area contributed by atoms with Crippen LogP contribution in [0, 0.1) is 0 Å². The first-order valence-corrected chi connectivity index (χ1v) is 10.9. The van der Waals surface area contributed by atoms with Crippen LogP contribution >= 0.6 is 0 Å². The molecular formula is C23H35N4O8+. The Morgan fingerprint density at radius 2 is 1.69 bits per heavy atom. The molecule has 1 aromatic carbocycles. The number of nitrogens with zero attached hydrogens (tertiary/aromatic N) is 1. The standard InChI is InChI=1S/C23H34N4O8/c1-15(24)19(29)25-12-18(28)27(5,22(32)35-23(2,3)4)13-17(20(30)33-6)26-21(31)34-14-16-10-8-7-9-11-16/h7-11,15,17H,12-14,24H2,1-6H3,(H-,25,26,29,31)/p+1/t15-,17-,27?/m0/s1. The Morgan fingerprint density at radius 3 is 2.20 bits per heavy atom. The molecule has 0 radical (unpaired) electrons. The fourth-order valence-electron chi connectivity index (χ4n) is 2.73. The van der Waals surface area contributed by atoms with Crippen LogP contribution in [0.25, 0.3) is 0 Å². The predicted molar refractivity (Wildman–Crippen MR) is 125 cm³/mol. The summed E-state index contributed by atoms with van der Waals surface area (Å²) in [6.45, 7) is 5.05. The van der Waals surface area contributed by atoms with E-state index in [0.29, 0.717) is 5.56 Å². The highest BCUT2D eigenvalue weighted by Gasteiger charge is 2.47. The monoisotopic (exact) mass is 495 g/mol. The van der Waals surface area contributed by atoms with E-state index in [1.54, 1.807) is 51.1 Å². The molecule has 0 saturated heterocycles. The van der Waals surface area contributed by atoms with Gasteiger partial charge in [0.1, 0.15) is 25.3 Å². The molecule has 0 aromatic heterocycles. The van der Waals surface area contributed by atoms with Gasteiger partial charge in [0.2, 0.25) is 5.91 Å². The van der Waals surface area contributed by atoms with Crippen LogP contribution in [-0.4, -0.2) is 79.4 Å². The molecule has 0 aliphatic carbocycles. The number of hydrogen-bond acceptors (Lipinski definition) is 9. The van der Waals surface area contributed by atoms with Crippen molar-refractivity contribution in [2.24, 2.45) is 5.73 Å². The molecule has 12 nitrogen and oxygen atoms in total. The number of carbonyl (C=O) groups is 5. The number of alkyl carbamates (subject to hydrolysis) is 1.